The molecule has 0 aromatic heterocycles. The van der Waals surface area contributed by atoms with E-state index < -0.39 is 0 Å². The third-order valence-corrected chi connectivity index (χ3v) is 4.34. The molecule has 0 bridgehead atoms. The maximum absolute atomic E-state index is 9.82. The van der Waals surface area contributed by atoms with Crippen LogP contribution in [0.1, 0.15) is 45.4 Å². The van der Waals surface area contributed by atoms with E-state index in [-0.39, 0.29) is 6.10 Å². The number of nitrogens with zero attached hydrogens (tertiary/aromatic N) is 2. The number of piperazine rings is 1. The maximum atomic E-state index is 9.82. The normalized spacial score (nSPS) is 26.5. The molecule has 1 saturated carbocycles. The van der Waals surface area contributed by atoms with Crippen LogP contribution >= 0.6 is 0 Å². The fraction of sp³-hybridized carbons (Fsp3) is 1.00. The molecule has 0 aromatic carbocycles. The van der Waals surface area contributed by atoms with Crippen molar-refractivity contribution < 1.29 is 5.11 Å². The van der Waals surface area contributed by atoms with Gasteiger partial charge in [0, 0.05) is 38.8 Å². The van der Waals surface area contributed by atoms with Crippen LogP contribution in [0.4, 0.5) is 0 Å². The number of rotatable bonds is 5. The maximum Gasteiger partial charge on any atom is 0.0667 e. The molecule has 3 heteroatoms. The van der Waals surface area contributed by atoms with Gasteiger partial charge in [0.1, 0.15) is 0 Å². The Morgan fingerprint density at radius 1 is 1.12 bits per heavy atom. The largest absolute Gasteiger partial charge is 0.392 e. The molecule has 1 N–H and O–H groups in total. The van der Waals surface area contributed by atoms with Crippen LogP contribution in [0.25, 0.3) is 0 Å². The zero-order chi connectivity index (χ0) is 12.1. The topological polar surface area (TPSA) is 26.7 Å². The summed E-state index contributed by atoms with van der Waals surface area (Å²) in [5.74, 6) is 0. The number of hydrogen-bond donors (Lipinski definition) is 1. The van der Waals surface area contributed by atoms with Gasteiger partial charge < -0.3 is 5.11 Å². The monoisotopic (exact) mass is 240 g/mol. The summed E-state index contributed by atoms with van der Waals surface area (Å²) in [5, 5.41) is 9.82. The molecular formula is C14H28N2O. The molecule has 1 unspecified atom stereocenters. The Balaban J connectivity index is 1.66. The van der Waals surface area contributed by atoms with Crippen molar-refractivity contribution in [1.29, 1.82) is 0 Å². The Morgan fingerprint density at radius 2 is 1.76 bits per heavy atom. The molecule has 2 fully saturated rings. The van der Waals surface area contributed by atoms with E-state index in [9.17, 15) is 5.11 Å². The molecule has 1 heterocycles. The van der Waals surface area contributed by atoms with Gasteiger partial charge in [0.05, 0.1) is 6.10 Å². The molecule has 17 heavy (non-hydrogen) atoms. The van der Waals surface area contributed by atoms with E-state index in [1.165, 1.54) is 38.8 Å². The molecule has 2 rings (SSSR count). The van der Waals surface area contributed by atoms with Gasteiger partial charge >= 0.3 is 0 Å². The molecule has 0 radical (unpaired) electrons. The second kappa shape index (κ2) is 6.72. The third-order valence-electron chi connectivity index (χ3n) is 4.34. The Morgan fingerprint density at radius 3 is 2.35 bits per heavy atom. The zero-order valence-electron chi connectivity index (χ0n) is 11.3. The van der Waals surface area contributed by atoms with Crippen molar-refractivity contribution in [2.45, 2.75) is 57.6 Å². The van der Waals surface area contributed by atoms with Crippen molar-refractivity contribution in [2.75, 3.05) is 32.7 Å². The first-order valence-corrected chi connectivity index (χ1v) is 7.44. The SMILES string of the molecule is CCCC(O)CN1CCN(C2CCCC2)CC1. The molecule has 0 amide bonds. The molecule has 1 atom stereocenters. The minimum Gasteiger partial charge on any atom is -0.392 e. The summed E-state index contributed by atoms with van der Waals surface area (Å²) in [5.41, 5.74) is 0. The van der Waals surface area contributed by atoms with E-state index in [0.717, 1.165) is 38.5 Å². The first kappa shape index (κ1) is 13.3. The summed E-state index contributed by atoms with van der Waals surface area (Å²) in [4.78, 5) is 5.11. The highest BCUT2D eigenvalue weighted by Crippen LogP contribution is 2.24. The predicted octanol–water partition coefficient (Wildman–Crippen LogP) is 1.71. The van der Waals surface area contributed by atoms with Crippen LogP contribution in [0.2, 0.25) is 0 Å². The van der Waals surface area contributed by atoms with Crippen LogP contribution in [0.5, 0.6) is 0 Å². The summed E-state index contributed by atoms with van der Waals surface area (Å²) in [6.45, 7) is 7.75. The van der Waals surface area contributed by atoms with Gasteiger partial charge in [0.2, 0.25) is 0 Å². The Kier molecular flexibility index (Phi) is 5.26. The standard InChI is InChI=1S/C14H28N2O/c1-2-5-14(17)12-15-8-10-16(11-9-15)13-6-3-4-7-13/h13-14,17H,2-12H2,1H3. The lowest BCUT2D eigenvalue weighted by molar-refractivity contribution is 0.0541. The van der Waals surface area contributed by atoms with E-state index in [4.69, 9.17) is 0 Å². The predicted molar refractivity (Wildman–Crippen MR) is 71.2 cm³/mol. The molecule has 0 spiro atoms. The highest BCUT2D eigenvalue weighted by Gasteiger charge is 2.26. The van der Waals surface area contributed by atoms with E-state index in [1.807, 2.05) is 0 Å². The van der Waals surface area contributed by atoms with Crippen LogP contribution < -0.4 is 0 Å². The Hall–Kier alpha value is -0.120. The van der Waals surface area contributed by atoms with Gasteiger partial charge in [-0.2, -0.15) is 0 Å². The fourth-order valence-electron chi connectivity index (χ4n) is 3.30. The summed E-state index contributed by atoms with van der Waals surface area (Å²) < 4.78 is 0. The summed E-state index contributed by atoms with van der Waals surface area (Å²) in [6.07, 6.45) is 7.61. The molecule has 1 aliphatic carbocycles. The molecule has 1 aliphatic heterocycles. The van der Waals surface area contributed by atoms with Crippen LogP contribution in [-0.4, -0.2) is 59.8 Å². The summed E-state index contributed by atoms with van der Waals surface area (Å²) in [6, 6.07) is 0.873. The molecule has 1 saturated heterocycles. The average Bonchev–Trinajstić information content (AvgIpc) is 2.84. The van der Waals surface area contributed by atoms with Crippen LogP contribution in [-0.2, 0) is 0 Å². The lowest BCUT2D eigenvalue weighted by Gasteiger charge is -2.38. The Bertz CT molecular complexity index is 208. The van der Waals surface area contributed by atoms with E-state index in [1.54, 1.807) is 0 Å². The second-order valence-electron chi connectivity index (χ2n) is 5.72. The van der Waals surface area contributed by atoms with Gasteiger partial charge in [-0.25, -0.2) is 0 Å². The minimum absolute atomic E-state index is 0.113. The van der Waals surface area contributed by atoms with Crippen molar-refractivity contribution in [3.05, 3.63) is 0 Å². The minimum atomic E-state index is -0.113. The van der Waals surface area contributed by atoms with Crippen molar-refractivity contribution in [2.24, 2.45) is 0 Å². The van der Waals surface area contributed by atoms with Crippen molar-refractivity contribution in [3.8, 4) is 0 Å². The van der Waals surface area contributed by atoms with Gasteiger partial charge in [-0.3, -0.25) is 9.80 Å². The van der Waals surface area contributed by atoms with Crippen molar-refractivity contribution in [1.82, 2.24) is 9.80 Å². The van der Waals surface area contributed by atoms with E-state index in [0.29, 0.717) is 0 Å². The smallest absolute Gasteiger partial charge is 0.0667 e. The lowest BCUT2D eigenvalue weighted by Crippen LogP contribution is -2.51. The van der Waals surface area contributed by atoms with E-state index >= 15 is 0 Å². The summed E-state index contributed by atoms with van der Waals surface area (Å²) >= 11 is 0. The van der Waals surface area contributed by atoms with Gasteiger partial charge in [0.25, 0.3) is 0 Å². The highest BCUT2D eigenvalue weighted by atomic mass is 16.3. The first-order valence-electron chi connectivity index (χ1n) is 7.44. The van der Waals surface area contributed by atoms with Crippen molar-refractivity contribution in [3.63, 3.8) is 0 Å². The fourth-order valence-corrected chi connectivity index (χ4v) is 3.30. The zero-order valence-corrected chi connectivity index (χ0v) is 11.3. The van der Waals surface area contributed by atoms with Crippen LogP contribution in [0, 0.1) is 0 Å². The molecule has 3 nitrogen and oxygen atoms in total. The first-order chi connectivity index (χ1) is 8.29. The average molecular weight is 240 g/mol. The van der Waals surface area contributed by atoms with Gasteiger partial charge in [-0.15, -0.1) is 0 Å². The number of hydrogen-bond acceptors (Lipinski definition) is 3. The number of aliphatic hydroxyl groups is 1. The molecule has 2 aliphatic rings. The van der Waals surface area contributed by atoms with Gasteiger partial charge in [-0.05, 0) is 19.3 Å². The van der Waals surface area contributed by atoms with Crippen LogP contribution in [0.3, 0.4) is 0 Å². The van der Waals surface area contributed by atoms with Gasteiger partial charge in [-0.1, -0.05) is 26.2 Å². The van der Waals surface area contributed by atoms with E-state index in [2.05, 4.69) is 16.7 Å². The highest BCUT2D eigenvalue weighted by molar-refractivity contribution is 4.82. The molecule has 100 valence electrons. The number of aliphatic hydroxyl groups excluding tert-OH is 1. The van der Waals surface area contributed by atoms with Crippen LogP contribution in [0.15, 0.2) is 0 Å². The summed E-state index contributed by atoms with van der Waals surface area (Å²) in [7, 11) is 0. The third kappa shape index (κ3) is 3.94. The van der Waals surface area contributed by atoms with Crippen molar-refractivity contribution >= 4 is 0 Å². The quantitative estimate of drug-likeness (QED) is 0.792. The molecular weight excluding hydrogens is 212 g/mol. The second-order valence-corrected chi connectivity index (χ2v) is 5.72. The Labute approximate surface area is 106 Å². The number of β-amino-alcohol motifs (C(OH)–C–C–N with tert-alkyl or cyclic N) is 1. The van der Waals surface area contributed by atoms with Gasteiger partial charge in [0.15, 0.2) is 0 Å². The lowest BCUT2D eigenvalue weighted by atomic mass is 10.1. The molecule has 0 aromatic rings.